The first kappa shape index (κ1) is 21.9. The molecule has 0 spiro atoms. The van der Waals surface area contributed by atoms with Gasteiger partial charge in [0.25, 0.3) is 6.43 Å². The van der Waals surface area contributed by atoms with E-state index in [1.165, 1.54) is 11.8 Å². The minimum Gasteiger partial charge on any atom is -0.496 e. The number of hydrogen-bond acceptors (Lipinski definition) is 6. The predicted molar refractivity (Wildman–Crippen MR) is 107 cm³/mol. The molecule has 9 heteroatoms. The highest BCUT2D eigenvalue weighted by Gasteiger charge is 2.13. The van der Waals surface area contributed by atoms with Crippen LogP contribution in [0.2, 0.25) is 0 Å². The molecule has 0 aromatic carbocycles. The number of H-pyrrole nitrogens is 1. The largest absolute Gasteiger partial charge is 0.496 e. The van der Waals surface area contributed by atoms with Crippen molar-refractivity contribution in [3.63, 3.8) is 0 Å². The van der Waals surface area contributed by atoms with Gasteiger partial charge >= 0.3 is 0 Å². The zero-order chi connectivity index (χ0) is 20.7. The summed E-state index contributed by atoms with van der Waals surface area (Å²) < 4.78 is 35.0. The van der Waals surface area contributed by atoms with Crippen LogP contribution in [-0.4, -0.2) is 40.1 Å². The number of methoxy groups -OCH3 is 1. The van der Waals surface area contributed by atoms with Crippen molar-refractivity contribution in [2.24, 2.45) is 0 Å². The number of thioether (sulfide) groups is 1. The van der Waals surface area contributed by atoms with Crippen LogP contribution in [0.5, 0.6) is 11.6 Å². The van der Waals surface area contributed by atoms with Crippen molar-refractivity contribution in [1.29, 1.82) is 0 Å². The molecule has 0 atom stereocenters. The minimum atomic E-state index is -2.55. The molecule has 0 amide bonds. The second-order valence-electron chi connectivity index (χ2n) is 5.60. The van der Waals surface area contributed by atoms with Crippen LogP contribution < -0.4 is 9.47 Å². The number of imidazole rings is 1. The summed E-state index contributed by atoms with van der Waals surface area (Å²) in [6.45, 7) is 7.02. The minimum absolute atomic E-state index is 0.172. The summed E-state index contributed by atoms with van der Waals surface area (Å²) in [6, 6.07) is 3.60. The summed E-state index contributed by atoms with van der Waals surface area (Å²) in [5.74, 6) is 1.57. The molecule has 0 aliphatic heterocycles. The number of nitrogens with zero attached hydrogens (tertiary/aromatic N) is 3. The second kappa shape index (κ2) is 10.2. The molecular weight excluding hydrogens is 386 g/mol. The van der Waals surface area contributed by atoms with Gasteiger partial charge in [-0.1, -0.05) is 25.6 Å². The smallest absolute Gasteiger partial charge is 0.272 e. The van der Waals surface area contributed by atoms with Crippen LogP contribution in [0.4, 0.5) is 8.78 Å². The number of hydrogen-bond donors (Lipinski definition) is 1. The van der Waals surface area contributed by atoms with Gasteiger partial charge in [0.2, 0.25) is 5.88 Å². The standard InChI is InChI=1S/C17H18F2N4O2S.C2H6/c1-9-6-11-15(22-16(9)25-7-14(18)19)23-17(21-11)26-8-12-10(2)13(24-3)4-5-20-12;1-2/h4-6,14H,7-8H2,1-3H3,(H,21,22,23);1-2H3. The lowest BCUT2D eigenvalue weighted by atomic mass is 10.2. The second-order valence-corrected chi connectivity index (χ2v) is 6.56. The Bertz CT molecular complexity index is 918. The molecule has 0 saturated heterocycles. The van der Waals surface area contributed by atoms with Crippen LogP contribution in [-0.2, 0) is 5.75 Å². The van der Waals surface area contributed by atoms with Crippen molar-refractivity contribution in [3.05, 3.63) is 35.2 Å². The average Bonchev–Trinajstić information content (AvgIpc) is 3.08. The highest BCUT2D eigenvalue weighted by molar-refractivity contribution is 7.98. The van der Waals surface area contributed by atoms with Gasteiger partial charge in [0.15, 0.2) is 17.4 Å². The van der Waals surface area contributed by atoms with Gasteiger partial charge in [-0.2, -0.15) is 4.98 Å². The molecule has 28 heavy (non-hydrogen) atoms. The van der Waals surface area contributed by atoms with Crippen LogP contribution in [0.15, 0.2) is 23.5 Å². The zero-order valence-corrected chi connectivity index (χ0v) is 17.4. The Hall–Kier alpha value is -2.42. The lowest BCUT2D eigenvalue weighted by Gasteiger charge is -2.08. The maximum atomic E-state index is 12.3. The Morgan fingerprint density at radius 2 is 1.96 bits per heavy atom. The summed E-state index contributed by atoms with van der Waals surface area (Å²) in [5.41, 5.74) is 3.71. The van der Waals surface area contributed by atoms with Crippen LogP contribution in [0.25, 0.3) is 11.2 Å². The van der Waals surface area contributed by atoms with E-state index in [2.05, 4.69) is 19.9 Å². The van der Waals surface area contributed by atoms with Crippen molar-refractivity contribution in [1.82, 2.24) is 19.9 Å². The average molecular weight is 410 g/mol. The van der Waals surface area contributed by atoms with Crippen LogP contribution in [0, 0.1) is 13.8 Å². The van der Waals surface area contributed by atoms with Crippen molar-refractivity contribution in [2.45, 2.75) is 45.0 Å². The highest BCUT2D eigenvalue weighted by Crippen LogP contribution is 2.28. The third-order valence-electron chi connectivity index (χ3n) is 3.77. The van der Waals surface area contributed by atoms with Gasteiger partial charge in [-0.25, -0.2) is 13.8 Å². The van der Waals surface area contributed by atoms with E-state index in [0.29, 0.717) is 22.1 Å². The first-order chi connectivity index (χ1) is 13.5. The van der Waals surface area contributed by atoms with E-state index in [9.17, 15) is 8.78 Å². The van der Waals surface area contributed by atoms with Gasteiger partial charge in [0, 0.05) is 23.1 Å². The van der Waals surface area contributed by atoms with Gasteiger partial charge in [0.1, 0.15) is 5.75 Å². The quantitative estimate of drug-likeness (QED) is 0.556. The predicted octanol–water partition coefficient (Wildman–Crippen LogP) is 4.94. The number of ether oxygens (including phenoxy) is 2. The molecular formula is C19H24F2N4O2S. The normalized spacial score (nSPS) is 10.7. The van der Waals surface area contributed by atoms with Crippen molar-refractivity contribution in [2.75, 3.05) is 13.7 Å². The van der Waals surface area contributed by atoms with E-state index in [1.807, 2.05) is 26.8 Å². The van der Waals surface area contributed by atoms with Gasteiger partial charge < -0.3 is 14.5 Å². The molecule has 0 unspecified atom stereocenters. The number of fused-ring (bicyclic) bond motifs is 1. The highest BCUT2D eigenvalue weighted by atomic mass is 32.2. The van der Waals surface area contributed by atoms with Crippen LogP contribution in [0.1, 0.15) is 30.7 Å². The van der Waals surface area contributed by atoms with Crippen molar-refractivity contribution in [3.8, 4) is 11.6 Å². The Labute approximate surface area is 167 Å². The molecule has 6 nitrogen and oxygen atoms in total. The Balaban J connectivity index is 0.00000136. The van der Waals surface area contributed by atoms with E-state index in [0.717, 1.165) is 22.5 Å². The molecule has 3 aromatic heterocycles. The molecule has 0 radical (unpaired) electrons. The summed E-state index contributed by atoms with van der Waals surface area (Å²) in [7, 11) is 1.63. The summed E-state index contributed by atoms with van der Waals surface area (Å²) in [5, 5.41) is 0.668. The molecule has 152 valence electrons. The SMILES string of the molecule is CC.COc1ccnc(CSc2nc3nc(OCC(F)F)c(C)cc3[nH]2)c1C. The number of aromatic amines is 1. The third-order valence-corrected chi connectivity index (χ3v) is 4.65. The molecule has 3 aromatic rings. The maximum absolute atomic E-state index is 12.3. The number of pyridine rings is 2. The fourth-order valence-corrected chi connectivity index (χ4v) is 3.32. The molecule has 0 aliphatic rings. The first-order valence-electron chi connectivity index (χ1n) is 8.87. The molecule has 3 rings (SSSR count). The fraction of sp³-hybridized carbons (Fsp3) is 0.421. The molecule has 0 aliphatic carbocycles. The number of nitrogens with one attached hydrogen (secondary N) is 1. The number of aryl methyl sites for hydroxylation is 1. The monoisotopic (exact) mass is 410 g/mol. The van der Waals surface area contributed by atoms with Gasteiger partial charge in [-0.15, -0.1) is 0 Å². The van der Waals surface area contributed by atoms with Gasteiger partial charge in [-0.05, 0) is 26.0 Å². The summed E-state index contributed by atoms with van der Waals surface area (Å²) in [4.78, 5) is 16.2. The Morgan fingerprint density at radius 1 is 1.21 bits per heavy atom. The zero-order valence-electron chi connectivity index (χ0n) is 16.5. The van der Waals surface area contributed by atoms with E-state index < -0.39 is 13.0 Å². The molecule has 0 saturated carbocycles. The number of halogens is 2. The number of aromatic nitrogens is 4. The van der Waals surface area contributed by atoms with E-state index in [1.54, 1.807) is 26.3 Å². The lowest BCUT2D eigenvalue weighted by Crippen LogP contribution is -2.08. The van der Waals surface area contributed by atoms with E-state index in [4.69, 9.17) is 9.47 Å². The van der Waals surface area contributed by atoms with Gasteiger partial charge in [-0.3, -0.25) is 4.98 Å². The van der Waals surface area contributed by atoms with Crippen LogP contribution in [0.3, 0.4) is 0 Å². The van der Waals surface area contributed by atoms with Crippen LogP contribution >= 0.6 is 11.8 Å². The Morgan fingerprint density at radius 3 is 2.64 bits per heavy atom. The van der Waals surface area contributed by atoms with Crippen molar-refractivity contribution >= 4 is 22.9 Å². The maximum Gasteiger partial charge on any atom is 0.272 e. The number of rotatable bonds is 7. The van der Waals surface area contributed by atoms with E-state index in [-0.39, 0.29) is 5.88 Å². The molecule has 3 heterocycles. The van der Waals surface area contributed by atoms with Gasteiger partial charge in [0.05, 0.1) is 18.3 Å². The Kier molecular flexibility index (Phi) is 7.98. The van der Waals surface area contributed by atoms with E-state index >= 15 is 0 Å². The first-order valence-corrected chi connectivity index (χ1v) is 9.86. The topological polar surface area (TPSA) is 72.9 Å². The van der Waals surface area contributed by atoms with Crippen molar-refractivity contribution < 1.29 is 18.3 Å². The molecule has 1 N–H and O–H groups in total. The summed E-state index contributed by atoms with van der Waals surface area (Å²) >= 11 is 1.48. The third kappa shape index (κ3) is 5.31. The summed E-state index contributed by atoms with van der Waals surface area (Å²) in [6.07, 6.45) is -0.839. The molecule has 0 fully saturated rings. The number of alkyl halides is 2. The lowest BCUT2D eigenvalue weighted by molar-refractivity contribution is 0.0794. The molecule has 0 bridgehead atoms. The fourth-order valence-electron chi connectivity index (χ4n) is 2.42.